The summed E-state index contributed by atoms with van der Waals surface area (Å²) in [4.78, 5) is 13.4. The van der Waals surface area contributed by atoms with Gasteiger partial charge in [-0.1, -0.05) is 6.07 Å². The van der Waals surface area contributed by atoms with E-state index in [1.165, 1.54) is 0 Å². The Hall–Kier alpha value is -4.09. The van der Waals surface area contributed by atoms with Crippen LogP contribution in [0.2, 0.25) is 0 Å². The predicted molar refractivity (Wildman–Crippen MR) is 128 cm³/mol. The molecule has 3 aromatic heterocycles. The molecule has 9 nitrogen and oxygen atoms in total. The number of pyridine rings is 1. The molecular formula is C25H25F3N6O3. The lowest BCUT2D eigenvalue weighted by molar-refractivity contribution is -0.142. The highest BCUT2D eigenvalue weighted by Gasteiger charge is 2.31. The average Bonchev–Trinajstić information content (AvgIpc) is 3.39. The lowest BCUT2D eigenvalue weighted by atomic mass is 10.1. The van der Waals surface area contributed by atoms with E-state index in [-0.39, 0.29) is 11.6 Å². The van der Waals surface area contributed by atoms with Gasteiger partial charge in [0.15, 0.2) is 17.3 Å². The van der Waals surface area contributed by atoms with Gasteiger partial charge in [-0.25, -0.2) is 14.6 Å². The number of methoxy groups -OCH3 is 2. The number of rotatable bonds is 7. The monoisotopic (exact) mass is 514 g/mol. The summed E-state index contributed by atoms with van der Waals surface area (Å²) in [5.74, 6) is 2.83. The Kier molecular flexibility index (Phi) is 6.48. The largest absolute Gasteiger partial charge is 0.493 e. The molecule has 0 amide bonds. The number of halogens is 3. The van der Waals surface area contributed by atoms with Crippen LogP contribution in [0, 0.1) is 6.92 Å². The van der Waals surface area contributed by atoms with Crippen molar-refractivity contribution < 1.29 is 27.4 Å². The Morgan fingerprint density at radius 1 is 1.03 bits per heavy atom. The number of nitrogens with zero attached hydrogens (tertiary/aromatic N) is 6. The Morgan fingerprint density at radius 2 is 1.84 bits per heavy atom. The minimum atomic E-state index is -4.43. The van der Waals surface area contributed by atoms with E-state index >= 15 is 0 Å². The quantitative estimate of drug-likeness (QED) is 0.364. The standard InChI is InChI=1S/C25H25F3N6O3/c1-15-30-24(34(32-15)14-25(26,27)28)19-13-33-8-9-37-21-11-17(29-12-18(21)23(33)31-19)6-4-16-5-7-20(35-2)22(10-16)36-3/h5,7,10-13H,4,6,8-9,14H2,1-3H3. The number of hydrogen-bond acceptors (Lipinski definition) is 7. The molecule has 0 fully saturated rings. The molecule has 4 heterocycles. The molecular weight excluding hydrogens is 489 g/mol. The summed E-state index contributed by atoms with van der Waals surface area (Å²) < 4.78 is 58.5. The van der Waals surface area contributed by atoms with E-state index in [1.807, 2.05) is 28.8 Å². The van der Waals surface area contributed by atoms with Gasteiger partial charge in [0.25, 0.3) is 0 Å². The Labute approximate surface area is 210 Å². The summed E-state index contributed by atoms with van der Waals surface area (Å²) in [6.45, 7) is 1.16. The maximum Gasteiger partial charge on any atom is 0.408 e. The molecule has 194 valence electrons. The van der Waals surface area contributed by atoms with Crippen molar-refractivity contribution in [3.8, 4) is 40.2 Å². The van der Waals surface area contributed by atoms with E-state index in [0.29, 0.717) is 53.9 Å². The first-order valence-corrected chi connectivity index (χ1v) is 11.6. The fourth-order valence-corrected chi connectivity index (χ4v) is 4.30. The molecule has 4 aromatic rings. The highest BCUT2D eigenvalue weighted by atomic mass is 19.4. The van der Waals surface area contributed by atoms with Crippen molar-refractivity contribution in [3.63, 3.8) is 0 Å². The van der Waals surface area contributed by atoms with Crippen LogP contribution in [0.1, 0.15) is 17.1 Å². The second-order valence-corrected chi connectivity index (χ2v) is 8.61. The summed E-state index contributed by atoms with van der Waals surface area (Å²) in [5.41, 5.74) is 2.89. The van der Waals surface area contributed by atoms with Crippen molar-refractivity contribution in [2.24, 2.45) is 0 Å². The highest BCUT2D eigenvalue weighted by Crippen LogP contribution is 2.34. The first-order valence-electron chi connectivity index (χ1n) is 11.6. The van der Waals surface area contributed by atoms with Crippen LogP contribution in [0.3, 0.4) is 0 Å². The van der Waals surface area contributed by atoms with Crippen molar-refractivity contribution in [1.82, 2.24) is 29.3 Å². The fourth-order valence-electron chi connectivity index (χ4n) is 4.30. The topological polar surface area (TPSA) is 89.1 Å². The highest BCUT2D eigenvalue weighted by molar-refractivity contribution is 5.67. The molecule has 0 radical (unpaired) electrons. The van der Waals surface area contributed by atoms with Crippen molar-refractivity contribution >= 4 is 0 Å². The van der Waals surface area contributed by atoms with Gasteiger partial charge in [0.1, 0.15) is 36.2 Å². The van der Waals surface area contributed by atoms with Crippen LogP contribution >= 0.6 is 0 Å². The fraction of sp³-hybridized carbons (Fsp3) is 0.360. The average molecular weight is 515 g/mol. The zero-order valence-electron chi connectivity index (χ0n) is 20.5. The molecule has 37 heavy (non-hydrogen) atoms. The third-order valence-electron chi connectivity index (χ3n) is 5.98. The first-order chi connectivity index (χ1) is 17.7. The van der Waals surface area contributed by atoms with Gasteiger partial charge in [-0.15, -0.1) is 0 Å². The van der Waals surface area contributed by atoms with Crippen molar-refractivity contribution in [1.29, 1.82) is 0 Å². The van der Waals surface area contributed by atoms with Gasteiger partial charge in [-0.2, -0.15) is 18.3 Å². The summed E-state index contributed by atoms with van der Waals surface area (Å²) in [6, 6.07) is 7.68. The predicted octanol–water partition coefficient (Wildman–Crippen LogP) is 4.27. The molecule has 0 N–H and O–H groups in total. The van der Waals surface area contributed by atoms with E-state index in [1.54, 1.807) is 33.5 Å². The number of ether oxygens (including phenoxy) is 3. The number of imidazole rings is 1. The van der Waals surface area contributed by atoms with Crippen LogP contribution in [0.5, 0.6) is 17.2 Å². The summed E-state index contributed by atoms with van der Waals surface area (Å²) in [5, 5.41) is 3.90. The Balaban J connectivity index is 1.40. The van der Waals surface area contributed by atoms with Gasteiger partial charge in [-0.3, -0.25) is 4.98 Å². The number of fused-ring (bicyclic) bond motifs is 3. The number of aromatic nitrogens is 6. The van der Waals surface area contributed by atoms with Crippen LogP contribution in [-0.4, -0.2) is 56.3 Å². The minimum absolute atomic E-state index is 0.0670. The van der Waals surface area contributed by atoms with E-state index in [2.05, 4.69) is 20.1 Å². The molecule has 5 rings (SSSR count). The molecule has 1 aliphatic heterocycles. The van der Waals surface area contributed by atoms with Gasteiger partial charge in [0, 0.05) is 24.2 Å². The zero-order chi connectivity index (χ0) is 26.2. The molecule has 0 saturated heterocycles. The molecule has 1 aromatic carbocycles. The summed E-state index contributed by atoms with van der Waals surface area (Å²) in [7, 11) is 3.20. The normalized spacial score (nSPS) is 12.9. The van der Waals surface area contributed by atoms with Crippen LogP contribution in [0.15, 0.2) is 36.7 Å². The Morgan fingerprint density at radius 3 is 2.59 bits per heavy atom. The van der Waals surface area contributed by atoms with Crippen molar-refractivity contribution in [3.05, 3.63) is 53.7 Å². The maximum atomic E-state index is 13.1. The third-order valence-corrected chi connectivity index (χ3v) is 5.98. The van der Waals surface area contributed by atoms with Crippen LogP contribution in [0.4, 0.5) is 13.2 Å². The first kappa shape index (κ1) is 24.6. The smallest absolute Gasteiger partial charge is 0.408 e. The van der Waals surface area contributed by atoms with Gasteiger partial charge in [-0.05, 0) is 37.5 Å². The lowest BCUT2D eigenvalue weighted by Gasteiger charge is -2.11. The third kappa shape index (κ3) is 5.23. The molecule has 1 aliphatic rings. The lowest BCUT2D eigenvalue weighted by Crippen LogP contribution is -2.19. The summed E-state index contributed by atoms with van der Waals surface area (Å²) in [6.07, 6.45) is 0.349. The van der Waals surface area contributed by atoms with Gasteiger partial charge in [0.05, 0.1) is 26.3 Å². The maximum absolute atomic E-state index is 13.1. The van der Waals surface area contributed by atoms with Gasteiger partial charge < -0.3 is 18.8 Å². The van der Waals surface area contributed by atoms with Crippen LogP contribution in [0.25, 0.3) is 22.9 Å². The minimum Gasteiger partial charge on any atom is -0.493 e. The summed E-state index contributed by atoms with van der Waals surface area (Å²) >= 11 is 0. The van der Waals surface area contributed by atoms with Gasteiger partial charge in [0.2, 0.25) is 0 Å². The molecule has 0 aliphatic carbocycles. The molecule has 12 heteroatoms. The zero-order valence-corrected chi connectivity index (χ0v) is 20.5. The second kappa shape index (κ2) is 9.75. The number of aryl methyl sites for hydroxylation is 3. The van der Waals surface area contributed by atoms with E-state index < -0.39 is 12.7 Å². The van der Waals surface area contributed by atoms with Crippen LogP contribution in [-0.2, 0) is 25.9 Å². The molecule has 0 spiro atoms. The SMILES string of the molecule is COc1ccc(CCc2cc3c(cn2)-c2nc(-c4nc(C)nn4CC(F)(F)F)cn2CCO3)cc1OC. The van der Waals surface area contributed by atoms with Crippen molar-refractivity contribution in [2.75, 3.05) is 20.8 Å². The van der Waals surface area contributed by atoms with Crippen LogP contribution < -0.4 is 14.2 Å². The second-order valence-electron chi connectivity index (χ2n) is 8.61. The van der Waals surface area contributed by atoms with E-state index in [0.717, 1.165) is 22.4 Å². The van der Waals surface area contributed by atoms with E-state index in [9.17, 15) is 13.2 Å². The number of alkyl halides is 3. The van der Waals surface area contributed by atoms with Crippen molar-refractivity contribution in [2.45, 2.75) is 39.0 Å². The number of hydrogen-bond donors (Lipinski definition) is 0. The Bertz CT molecular complexity index is 1430. The van der Waals surface area contributed by atoms with E-state index in [4.69, 9.17) is 14.2 Å². The molecule has 0 saturated carbocycles. The number of benzene rings is 1. The molecule has 0 unspecified atom stereocenters. The molecule has 0 bridgehead atoms. The molecule has 0 atom stereocenters. The van der Waals surface area contributed by atoms with Gasteiger partial charge >= 0.3 is 6.18 Å².